The molecule has 0 bridgehead atoms. The minimum absolute atomic E-state index is 0.148. The van der Waals surface area contributed by atoms with E-state index < -0.39 is 0 Å². The summed E-state index contributed by atoms with van der Waals surface area (Å²) in [7, 11) is 0. The van der Waals surface area contributed by atoms with Gasteiger partial charge in [0.25, 0.3) is 0 Å². The number of carbonyl (C=O) groups excluding carboxylic acids is 1. The number of ether oxygens (including phenoxy) is 1. The lowest BCUT2D eigenvalue weighted by atomic mass is 10.1. The molecule has 1 fully saturated rings. The molecule has 1 aromatic rings. The molecule has 0 aromatic heterocycles. The molecule has 1 aliphatic rings. The minimum Gasteiger partial charge on any atom is -0.370 e. The Kier molecular flexibility index (Phi) is 5.22. The molecule has 1 aliphatic heterocycles. The van der Waals surface area contributed by atoms with Crippen molar-refractivity contribution in [3.05, 3.63) is 35.6 Å². The maximum atomic E-state index is 12.9. The number of amides is 1. The average molecular weight is 283 g/mol. The summed E-state index contributed by atoms with van der Waals surface area (Å²) in [6.45, 7) is 3.76. The van der Waals surface area contributed by atoms with Crippen molar-refractivity contribution in [2.75, 3.05) is 31.2 Å². The Hall–Kier alpha value is -1.07. The minimum atomic E-state index is -0.258. The highest BCUT2D eigenvalue weighted by atomic mass is 32.2. The van der Waals surface area contributed by atoms with E-state index in [0.717, 1.165) is 11.3 Å². The number of benzene rings is 1. The molecule has 1 aromatic carbocycles. The summed E-state index contributed by atoms with van der Waals surface area (Å²) in [5.41, 5.74) is 0.919. The summed E-state index contributed by atoms with van der Waals surface area (Å²) in [6, 6.07) is 6.28. The molecule has 104 valence electrons. The second-order valence-corrected chi connectivity index (χ2v) is 5.66. The number of rotatable bonds is 4. The number of morpholine rings is 1. The van der Waals surface area contributed by atoms with E-state index in [1.807, 2.05) is 11.8 Å². The third-order valence-corrected chi connectivity index (χ3v) is 3.95. The van der Waals surface area contributed by atoms with Crippen LogP contribution in [0.1, 0.15) is 18.6 Å². The number of nitrogens with zero attached hydrogens (tertiary/aromatic N) is 1. The van der Waals surface area contributed by atoms with Gasteiger partial charge < -0.3 is 9.64 Å². The van der Waals surface area contributed by atoms with Gasteiger partial charge in [-0.1, -0.05) is 19.1 Å². The quantitative estimate of drug-likeness (QED) is 0.850. The molecule has 0 aliphatic carbocycles. The van der Waals surface area contributed by atoms with Crippen molar-refractivity contribution in [1.29, 1.82) is 0 Å². The van der Waals surface area contributed by atoms with E-state index in [9.17, 15) is 9.18 Å². The second-order valence-electron chi connectivity index (χ2n) is 4.39. The van der Waals surface area contributed by atoms with E-state index in [2.05, 4.69) is 0 Å². The van der Waals surface area contributed by atoms with Gasteiger partial charge in [-0.05, 0) is 23.4 Å². The van der Waals surface area contributed by atoms with Gasteiger partial charge in [0.2, 0.25) is 5.91 Å². The Labute approximate surface area is 117 Å². The zero-order valence-electron chi connectivity index (χ0n) is 11.0. The van der Waals surface area contributed by atoms with Crippen molar-refractivity contribution in [2.45, 2.75) is 13.0 Å². The van der Waals surface area contributed by atoms with Gasteiger partial charge in [-0.15, -0.1) is 0 Å². The fourth-order valence-corrected chi connectivity index (χ4v) is 2.60. The predicted octanol–water partition coefficient (Wildman–Crippen LogP) is 2.48. The summed E-state index contributed by atoms with van der Waals surface area (Å²) < 4.78 is 18.6. The summed E-state index contributed by atoms with van der Waals surface area (Å²) in [5, 5.41) is 0. The van der Waals surface area contributed by atoms with Crippen LogP contribution < -0.4 is 0 Å². The van der Waals surface area contributed by atoms with E-state index in [4.69, 9.17) is 4.74 Å². The molecule has 0 spiro atoms. The molecule has 0 saturated carbocycles. The summed E-state index contributed by atoms with van der Waals surface area (Å²) in [5.74, 6) is 1.36. The normalized spacial score (nSPS) is 19.5. The molecule has 1 heterocycles. The van der Waals surface area contributed by atoms with Crippen LogP contribution in [0.4, 0.5) is 4.39 Å². The number of carbonyl (C=O) groups is 1. The molecule has 1 amide bonds. The Morgan fingerprint density at radius 3 is 2.89 bits per heavy atom. The van der Waals surface area contributed by atoms with Gasteiger partial charge in [-0.3, -0.25) is 4.79 Å². The van der Waals surface area contributed by atoms with Crippen molar-refractivity contribution in [1.82, 2.24) is 4.90 Å². The van der Waals surface area contributed by atoms with Gasteiger partial charge in [0.05, 0.1) is 18.9 Å². The Bertz CT molecular complexity index is 424. The average Bonchev–Trinajstić information content (AvgIpc) is 2.45. The van der Waals surface area contributed by atoms with Gasteiger partial charge in [-0.25, -0.2) is 4.39 Å². The molecule has 1 saturated heterocycles. The first-order chi connectivity index (χ1) is 9.20. The summed E-state index contributed by atoms with van der Waals surface area (Å²) in [4.78, 5) is 13.8. The van der Waals surface area contributed by atoms with Crippen LogP contribution in [0.5, 0.6) is 0 Å². The van der Waals surface area contributed by atoms with E-state index in [1.165, 1.54) is 12.1 Å². The van der Waals surface area contributed by atoms with Crippen LogP contribution >= 0.6 is 11.8 Å². The first kappa shape index (κ1) is 14.3. The molecule has 0 radical (unpaired) electrons. The SMILES string of the molecule is CCSCC(=O)N1CCO[C@H](c2ccc(F)cc2)C1. The highest BCUT2D eigenvalue weighted by molar-refractivity contribution is 7.99. The lowest BCUT2D eigenvalue weighted by Crippen LogP contribution is -2.43. The smallest absolute Gasteiger partial charge is 0.232 e. The fraction of sp³-hybridized carbons (Fsp3) is 0.500. The zero-order valence-corrected chi connectivity index (χ0v) is 11.8. The summed E-state index contributed by atoms with van der Waals surface area (Å²) >= 11 is 1.63. The maximum absolute atomic E-state index is 12.9. The van der Waals surface area contributed by atoms with Crippen LogP contribution in [-0.2, 0) is 9.53 Å². The first-order valence-electron chi connectivity index (χ1n) is 6.43. The Balaban J connectivity index is 1.96. The predicted molar refractivity (Wildman–Crippen MR) is 74.7 cm³/mol. The van der Waals surface area contributed by atoms with Crippen LogP contribution in [0.25, 0.3) is 0 Å². The van der Waals surface area contributed by atoms with Crippen molar-refractivity contribution >= 4 is 17.7 Å². The third kappa shape index (κ3) is 3.94. The molecule has 19 heavy (non-hydrogen) atoms. The Morgan fingerprint density at radius 2 is 2.21 bits per heavy atom. The van der Waals surface area contributed by atoms with Crippen molar-refractivity contribution < 1.29 is 13.9 Å². The van der Waals surface area contributed by atoms with Gasteiger partial charge in [0.15, 0.2) is 0 Å². The molecule has 2 rings (SSSR count). The molecule has 0 unspecified atom stereocenters. The molecule has 0 N–H and O–H groups in total. The van der Waals surface area contributed by atoms with Crippen molar-refractivity contribution in [2.24, 2.45) is 0 Å². The van der Waals surface area contributed by atoms with Crippen LogP contribution in [-0.4, -0.2) is 42.0 Å². The first-order valence-corrected chi connectivity index (χ1v) is 7.58. The largest absolute Gasteiger partial charge is 0.370 e. The van der Waals surface area contributed by atoms with E-state index >= 15 is 0 Å². The van der Waals surface area contributed by atoms with Crippen LogP contribution in [0.2, 0.25) is 0 Å². The van der Waals surface area contributed by atoms with E-state index in [-0.39, 0.29) is 17.8 Å². The number of halogens is 1. The van der Waals surface area contributed by atoms with Gasteiger partial charge in [0, 0.05) is 6.54 Å². The highest BCUT2D eigenvalue weighted by Gasteiger charge is 2.25. The fourth-order valence-electron chi connectivity index (χ4n) is 2.04. The Morgan fingerprint density at radius 1 is 1.47 bits per heavy atom. The topological polar surface area (TPSA) is 29.5 Å². The molecular formula is C14H18FNO2S. The molecule has 3 nitrogen and oxygen atoms in total. The van der Waals surface area contributed by atoms with E-state index in [1.54, 1.807) is 23.9 Å². The molecular weight excluding hydrogens is 265 g/mol. The number of hydrogen-bond acceptors (Lipinski definition) is 3. The number of thioether (sulfide) groups is 1. The molecule has 1 atom stereocenters. The zero-order chi connectivity index (χ0) is 13.7. The van der Waals surface area contributed by atoms with Crippen molar-refractivity contribution in [3.8, 4) is 0 Å². The molecule has 5 heteroatoms. The number of hydrogen-bond donors (Lipinski definition) is 0. The standard InChI is InChI=1S/C14H18FNO2S/c1-2-19-10-14(17)16-7-8-18-13(9-16)11-3-5-12(15)6-4-11/h3-6,13H,2,7-10H2,1H3/t13-/m0/s1. The lowest BCUT2D eigenvalue weighted by molar-refractivity contribution is -0.136. The van der Waals surface area contributed by atoms with Gasteiger partial charge in [-0.2, -0.15) is 11.8 Å². The lowest BCUT2D eigenvalue weighted by Gasteiger charge is -2.33. The third-order valence-electron chi connectivity index (χ3n) is 3.09. The summed E-state index contributed by atoms with van der Waals surface area (Å²) in [6.07, 6.45) is -0.148. The van der Waals surface area contributed by atoms with E-state index in [0.29, 0.717) is 25.4 Å². The maximum Gasteiger partial charge on any atom is 0.232 e. The highest BCUT2D eigenvalue weighted by Crippen LogP contribution is 2.22. The van der Waals surface area contributed by atoms with Crippen LogP contribution in [0.3, 0.4) is 0 Å². The van der Waals surface area contributed by atoms with Gasteiger partial charge >= 0.3 is 0 Å². The van der Waals surface area contributed by atoms with Crippen LogP contribution in [0, 0.1) is 5.82 Å². The van der Waals surface area contributed by atoms with Crippen molar-refractivity contribution in [3.63, 3.8) is 0 Å². The van der Waals surface area contributed by atoms with Crippen LogP contribution in [0.15, 0.2) is 24.3 Å². The van der Waals surface area contributed by atoms with Gasteiger partial charge in [0.1, 0.15) is 11.9 Å². The second kappa shape index (κ2) is 6.91. The monoisotopic (exact) mass is 283 g/mol.